The van der Waals surface area contributed by atoms with Crippen LogP contribution in [-0.2, 0) is 4.74 Å². The van der Waals surface area contributed by atoms with Crippen molar-refractivity contribution in [3.63, 3.8) is 0 Å². The summed E-state index contributed by atoms with van der Waals surface area (Å²) in [5.41, 5.74) is 7.41. The van der Waals surface area contributed by atoms with Crippen molar-refractivity contribution >= 4 is 28.9 Å². The van der Waals surface area contributed by atoms with Gasteiger partial charge in [0, 0.05) is 18.8 Å². The molecule has 1 aromatic carbocycles. The number of esters is 1. The first-order chi connectivity index (χ1) is 9.98. The van der Waals surface area contributed by atoms with E-state index >= 15 is 0 Å². The van der Waals surface area contributed by atoms with E-state index in [1.54, 1.807) is 12.1 Å². The molecule has 0 saturated carbocycles. The fraction of sp³-hybridized carbons (Fsp3) is 0.562. The van der Waals surface area contributed by atoms with Crippen molar-refractivity contribution in [3.05, 3.63) is 22.7 Å². The van der Waals surface area contributed by atoms with Crippen LogP contribution in [0.25, 0.3) is 0 Å². The van der Waals surface area contributed by atoms with Crippen LogP contribution < -0.4 is 10.6 Å². The zero-order valence-corrected chi connectivity index (χ0v) is 14.0. The Balaban J connectivity index is 3.27. The molecular formula is C16H25ClN2O2. The average molecular weight is 313 g/mol. The smallest absolute Gasteiger partial charge is 0.340 e. The van der Waals surface area contributed by atoms with E-state index in [4.69, 9.17) is 22.1 Å². The van der Waals surface area contributed by atoms with Gasteiger partial charge in [-0.15, -0.1) is 0 Å². The summed E-state index contributed by atoms with van der Waals surface area (Å²) in [5, 5.41) is 0.489. The van der Waals surface area contributed by atoms with Crippen molar-refractivity contribution in [2.75, 3.05) is 30.8 Å². The number of rotatable bonds is 7. The highest BCUT2D eigenvalue weighted by molar-refractivity contribution is 6.34. The molecule has 1 rings (SSSR count). The highest BCUT2D eigenvalue weighted by atomic mass is 35.5. The van der Waals surface area contributed by atoms with Gasteiger partial charge in [-0.2, -0.15) is 0 Å². The molecule has 0 radical (unpaired) electrons. The van der Waals surface area contributed by atoms with Crippen LogP contribution in [0, 0.1) is 5.92 Å². The summed E-state index contributed by atoms with van der Waals surface area (Å²) in [7, 11) is 1.36. The minimum Gasteiger partial charge on any atom is -0.465 e. The van der Waals surface area contributed by atoms with Crippen molar-refractivity contribution in [1.29, 1.82) is 0 Å². The van der Waals surface area contributed by atoms with E-state index in [0.29, 0.717) is 27.9 Å². The van der Waals surface area contributed by atoms with E-state index in [-0.39, 0.29) is 0 Å². The molecule has 4 nitrogen and oxygen atoms in total. The molecule has 0 heterocycles. The predicted octanol–water partition coefficient (Wildman–Crippen LogP) is 3.97. The highest BCUT2D eigenvalue weighted by Gasteiger charge is 2.22. The maximum atomic E-state index is 12.0. The van der Waals surface area contributed by atoms with Gasteiger partial charge in [0.2, 0.25) is 0 Å². The number of hydrogen-bond donors (Lipinski definition) is 1. The first-order valence-corrected chi connectivity index (χ1v) is 7.78. The van der Waals surface area contributed by atoms with Gasteiger partial charge < -0.3 is 15.4 Å². The Labute approximate surface area is 132 Å². The molecular weight excluding hydrogens is 288 g/mol. The molecule has 0 fully saturated rings. The van der Waals surface area contributed by atoms with Crippen molar-refractivity contribution in [2.24, 2.45) is 5.92 Å². The predicted molar refractivity (Wildman–Crippen MR) is 89.2 cm³/mol. The molecule has 1 aromatic rings. The monoisotopic (exact) mass is 312 g/mol. The van der Waals surface area contributed by atoms with E-state index in [0.717, 1.165) is 25.9 Å². The molecule has 0 unspecified atom stereocenters. The van der Waals surface area contributed by atoms with E-state index < -0.39 is 5.97 Å². The summed E-state index contributed by atoms with van der Waals surface area (Å²) in [6, 6.07) is 3.31. The molecule has 0 aromatic heterocycles. The van der Waals surface area contributed by atoms with E-state index in [2.05, 4.69) is 25.7 Å². The third kappa shape index (κ3) is 4.27. The van der Waals surface area contributed by atoms with Crippen LogP contribution in [0.15, 0.2) is 12.1 Å². The molecule has 5 heteroatoms. The van der Waals surface area contributed by atoms with Crippen LogP contribution in [0.1, 0.15) is 44.0 Å². The molecule has 0 aliphatic heterocycles. The largest absolute Gasteiger partial charge is 0.465 e. The lowest BCUT2D eigenvalue weighted by atomic mass is 10.0. The molecule has 0 amide bonds. The van der Waals surface area contributed by atoms with E-state index in [9.17, 15) is 4.79 Å². The number of benzene rings is 1. The summed E-state index contributed by atoms with van der Waals surface area (Å²) in [6.07, 6.45) is 2.18. The van der Waals surface area contributed by atoms with Gasteiger partial charge >= 0.3 is 5.97 Å². The normalized spacial score (nSPS) is 10.8. The van der Waals surface area contributed by atoms with E-state index in [1.807, 2.05) is 0 Å². The topological polar surface area (TPSA) is 55.6 Å². The SMILES string of the molecule is CCC(CC)CN(CC)c1c(Cl)cc(N)cc1C(=O)OC. The quantitative estimate of drug-likeness (QED) is 0.611. The molecule has 0 bridgehead atoms. The van der Waals surface area contributed by atoms with Crippen LogP contribution in [0.5, 0.6) is 0 Å². The van der Waals surface area contributed by atoms with Crippen molar-refractivity contribution in [3.8, 4) is 0 Å². The second kappa shape index (κ2) is 8.13. The van der Waals surface area contributed by atoms with Gasteiger partial charge in [-0.25, -0.2) is 4.79 Å². The Bertz CT molecular complexity index is 487. The summed E-state index contributed by atoms with van der Waals surface area (Å²) in [4.78, 5) is 14.2. The lowest BCUT2D eigenvalue weighted by Crippen LogP contribution is -2.31. The Morgan fingerprint density at radius 1 is 1.33 bits per heavy atom. The minimum absolute atomic E-state index is 0.415. The van der Waals surface area contributed by atoms with Crippen LogP contribution in [0.3, 0.4) is 0 Å². The maximum absolute atomic E-state index is 12.0. The first kappa shape index (κ1) is 17.6. The lowest BCUT2D eigenvalue weighted by molar-refractivity contribution is 0.0601. The second-order valence-electron chi connectivity index (χ2n) is 5.11. The standard InChI is InChI=1S/C16H25ClN2O2/c1-5-11(6-2)10-19(7-3)15-13(16(20)21-4)8-12(18)9-14(15)17/h8-9,11H,5-7,10,18H2,1-4H3. The van der Waals surface area contributed by atoms with Gasteiger partial charge in [0.25, 0.3) is 0 Å². The van der Waals surface area contributed by atoms with Gasteiger partial charge in [-0.05, 0) is 25.0 Å². The fourth-order valence-electron chi connectivity index (χ4n) is 2.44. The van der Waals surface area contributed by atoms with Crippen LogP contribution in [0.4, 0.5) is 11.4 Å². The highest BCUT2D eigenvalue weighted by Crippen LogP contribution is 2.34. The number of hydrogen-bond acceptors (Lipinski definition) is 4. The van der Waals surface area contributed by atoms with Gasteiger partial charge in [0.05, 0.1) is 23.4 Å². The number of ether oxygens (including phenoxy) is 1. The third-order valence-electron chi connectivity index (χ3n) is 3.82. The zero-order chi connectivity index (χ0) is 16.0. The molecule has 0 saturated heterocycles. The zero-order valence-electron chi connectivity index (χ0n) is 13.3. The third-order valence-corrected chi connectivity index (χ3v) is 4.11. The van der Waals surface area contributed by atoms with Crippen molar-refractivity contribution in [2.45, 2.75) is 33.6 Å². The van der Waals surface area contributed by atoms with Gasteiger partial charge in [-0.1, -0.05) is 38.3 Å². The molecule has 0 aliphatic carbocycles. The minimum atomic E-state index is -0.415. The number of carbonyl (C=O) groups is 1. The fourth-order valence-corrected chi connectivity index (χ4v) is 2.79. The number of nitrogens with two attached hydrogens (primary N) is 1. The molecule has 21 heavy (non-hydrogen) atoms. The summed E-state index contributed by atoms with van der Waals surface area (Å²) in [5.74, 6) is 0.145. The Kier molecular flexibility index (Phi) is 6.82. The first-order valence-electron chi connectivity index (χ1n) is 7.40. The average Bonchev–Trinajstić information content (AvgIpc) is 2.48. The summed E-state index contributed by atoms with van der Waals surface area (Å²) in [6.45, 7) is 8.03. The Hall–Kier alpha value is -1.42. The van der Waals surface area contributed by atoms with Crippen molar-refractivity contribution < 1.29 is 9.53 Å². The maximum Gasteiger partial charge on any atom is 0.340 e. The van der Waals surface area contributed by atoms with Crippen LogP contribution in [-0.4, -0.2) is 26.2 Å². The molecule has 0 spiro atoms. The second-order valence-corrected chi connectivity index (χ2v) is 5.52. The number of nitrogen functional groups attached to an aromatic ring is 1. The molecule has 2 N–H and O–H groups in total. The van der Waals surface area contributed by atoms with Gasteiger partial charge in [0.1, 0.15) is 0 Å². The molecule has 118 valence electrons. The van der Waals surface area contributed by atoms with Crippen LogP contribution in [0.2, 0.25) is 5.02 Å². The number of halogens is 1. The van der Waals surface area contributed by atoms with Crippen molar-refractivity contribution in [1.82, 2.24) is 0 Å². The Morgan fingerprint density at radius 2 is 1.95 bits per heavy atom. The van der Waals surface area contributed by atoms with E-state index in [1.165, 1.54) is 7.11 Å². The number of nitrogens with zero attached hydrogens (tertiary/aromatic N) is 1. The number of anilines is 2. The van der Waals surface area contributed by atoms with Gasteiger partial charge in [0.15, 0.2) is 0 Å². The Morgan fingerprint density at radius 3 is 2.43 bits per heavy atom. The number of methoxy groups -OCH3 is 1. The lowest BCUT2D eigenvalue weighted by Gasteiger charge is -2.29. The van der Waals surface area contributed by atoms with Gasteiger partial charge in [-0.3, -0.25) is 0 Å². The summed E-state index contributed by atoms with van der Waals surface area (Å²) < 4.78 is 4.86. The molecule has 0 atom stereocenters. The molecule has 0 aliphatic rings. The summed E-state index contributed by atoms with van der Waals surface area (Å²) >= 11 is 6.35. The number of carbonyl (C=O) groups excluding carboxylic acids is 1. The van der Waals surface area contributed by atoms with Crippen LogP contribution >= 0.6 is 11.6 Å².